The van der Waals surface area contributed by atoms with E-state index in [1.54, 1.807) is 12.1 Å². The molecule has 0 heterocycles. The van der Waals surface area contributed by atoms with E-state index in [0.29, 0.717) is 5.69 Å². The maximum atomic E-state index is 12.3. The molecule has 1 rings (SSSR count). The summed E-state index contributed by atoms with van der Waals surface area (Å²) >= 11 is 0. The van der Waals surface area contributed by atoms with Gasteiger partial charge in [-0.3, -0.25) is 0 Å². The van der Waals surface area contributed by atoms with E-state index in [9.17, 15) is 8.42 Å². The lowest BCUT2D eigenvalue weighted by atomic mass is 10.1. The number of hydrogen-bond acceptors (Lipinski definition) is 3. The summed E-state index contributed by atoms with van der Waals surface area (Å²) in [6.45, 7) is 5.86. The SMILES string of the molecule is CCC(CC)CS(=O)(=O)c1cccc(C)c1N. The van der Waals surface area contributed by atoms with Crippen molar-refractivity contribution in [3.05, 3.63) is 23.8 Å². The van der Waals surface area contributed by atoms with Gasteiger partial charge in [0.1, 0.15) is 0 Å². The van der Waals surface area contributed by atoms with Gasteiger partial charge in [-0.1, -0.05) is 38.8 Å². The van der Waals surface area contributed by atoms with Crippen LogP contribution in [0.15, 0.2) is 23.1 Å². The van der Waals surface area contributed by atoms with E-state index in [-0.39, 0.29) is 16.6 Å². The van der Waals surface area contributed by atoms with Gasteiger partial charge in [0.15, 0.2) is 9.84 Å². The van der Waals surface area contributed by atoms with Gasteiger partial charge in [0.2, 0.25) is 0 Å². The fourth-order valence-corrected chi connectivity index (χ4v) is 3.90. The first-order valence-corrected chi connectivity index (χ1v) is 7.65. The number of para-hydroxylation sites is 1. The fourth-order valence-electron chi connectivity index (χ4n) is 1.85. The topological polar surface area (TPSA) is 60.2 Å². The van der Waals surface area contributed by atoms with Crippen LogP contribution in [-0.4, -0.2) is 14.2 Å². The molecule has 0 aliphatic carbocycles. The Balaban J connectivity index is 3.09. The molecule has 0 radical (unpaired) electrons. The highest BCUT2D eigenvalue weighted by Crippen LogP contribution is 2.25. The molecular formula is C13H21NO2S. The average molecular weight is 255 g/mol. The minimum atomic E-state index is -3.26. The summed E-state index contributed by atoms with van der Waals surface area (Å²) in [6.07, 6.45) is 1.75. The highest BCUT2D eigenvalue weighted by Gasteiger charge is 2.21. The van der Waals surface area contributed by atoms with Crippen molar-refractivity contribution < 1.29 is 8.42 Å². The third-order valence-electron chi connectivity index (χ3n) is 3.23. The van der Waals surface area contributed by atoms with Crippen LogP contribution in [0.2, 0.25) is 0 Å². The van der Waals surface area contributed by atoms with Crippen molar-refractivity contribution in [1.29, 1.82) is 0 Å². The normalized spacial score (nSPS) is 12.0. The zero-order valence-electron chi connectivity index (χ0n) is 10.7. The smallest absolute Gasteiger partial charge is 0.180 e. The van der Waals surface area contributed by atoms with Gasteiger partial charge in [0.05, 0.1) is 16.3 Å². The first-order valence-electron chi connectivity index (χ1n) is 6.00. The van der Waals surface area contributed by atoms with Crippen LogP contribution < -0.4 is 5.73 Å². The van der Waals surface area contributed by atoms with Crippen LogP contribution in [0.1, 0.15) is 32.3 Å². The monoisotopic (exact) mass is 255 g/mol. The molecule has 0 spiro atoms. The highest BCUT2D eigenvalue weighted by molar-refractivity contribution is 7.91. The van der Waals surface area contributed by atoms with Crippen LogP contribution >= 0.6 is 0 Å². The van der Waals surface area contributed by atoms with E-state index in [1.807, 2.05) is 26.8 Å². The molecule has 0 amide bonds. The van der Waals surface area contributed by atoms with Gasteiger partial charge in [-0.2, -0.15) is 0 Å². The Morgan fingerprint density at radius 2 is 1.82 bits per heavy atom. The Kier molecular flexibility index (Phi) is 4.57. The molecule has 0 saturated carbocycles. The molecule has 1 aromatic carbocycles. The van der Waals surface area contributed by atoms with Gasteiger partial charge in [-0.05, 0) is 24.5 Å². The third-order valence-corrected chi connectivity index (χ3v) is 5.17. The number of benzene rings is 1. The van der Waals surface area contributed by atoms with Crippen molar-refractivity contribution in [2.45, 2.75) is 38.5 Å². The Morgan fingerprint density at radius 1 is 1.24 bits per heavy atom. The lowest BCUT2D eigenvalue weighted by molar-refractivity contribution is 0.523. The Labute approximate surface area is 104 Å². The van der Waals surface area contributed by atoms with E-state index < -0.39 is 9.84 Å². The molecule has 0 saturated heterocycles. The molecule has 2 N–H and O–H groups in total. The maximum absolute atomic E-state index is 12.3. The van der Waals surface area contributed by atoms with Crippen LogP contribution in [0.4, 0.5) is 5.69 Å². The van der Waals surface area contributed by atoms with Crippen molar-refractivity contribution >= 4 is 15.5 Å². The number of nitrogen functional groups attached to an aromatic ring is 1. The summed E-state index contributed by atoms with van der Waals surface area (Å²) in [4.78, 5) is 0.282. The zero-order chi connectivity index (χ0) is 13.1. The van der Waals surface area contributed by atoms with Gasteiger partial charge in [-0.15, -0.1) is 0 Å². The molecule has 96 valence electrons. The molecule has 17 heavy (non-hydrogen) atoms. The number of hydrogen-bond donors (Lipinski definition) is 1. The van der Waals surface area contributed by atoms with E-state index in [4.69, 9.17) is 5.73 Å². The molecule has 0 aromatic heterocycles. The minimum absolute atomic E-state index is 0.188. The van der Waals surface area contributed by atoms with Gasteiger partial charge < -0.3 is 5.73 Å². The van der Waals surface area contributed by atoms with Crippen LogP contribution in [-0.2, 0) is 9.84 Å². The quantitative estimate of drug-likeness (QED) is 0.823. The summed E-state index contributed by atoms with van der Waals surface area (Å²) in [5, 5.41) is 0. The van der Waals surface area contributed by atoms with E-state index >= 15 is 0 Å². The zero-order valence-corrected chi connectivity index (χ0v) is 11.5. The molecule has 3 nitrogen and oxygen atoms in total. The van der Waals surface area contributed by atoms with Crippen LogP contribution in [0, 0.1) is 12.8 Å². The number of aryl methyl sites for hydroxylation is 1. The first-order chi connectivity index (χ1) is 7.92. The molecule has 0 aliphatic heterocycles. The van der Waals surface area contributed by atoms with Gasteiger partial charge >= 0.3 is 0 Å². The molecule has 0 atom stereocenters. The minimum Gasteiger partial charge on any atom is -0.397 e. The number of sulfone groups is 1. The summed E-state index contributed by atoms with van der Waals surface area (Å²) in [7, 11) is -3.26. The van der Waals surface area contributed by atoms with Crippen LogP contribution in [0.3, 0.4) is 0 Å². The highest BCUT2D eigenvalue weighted by atomic mass is 32.2. The van der Waals surface area contributed by atoms with Gasteiger partial charge in [0.25, 0.3) is 0 Å². The summed E-state index contributed by atoms with van der Waals surface area (Å²) in [5.41, 5.74) is 7.05. The predicted octanol–water partition coefficient (Wildman–Crippen LogP) is 2.79. The predicted molar refractivity (Wildman–Crippen MR) is 71.7 cm³/mol. The van der Waals surface area contributed by atoms with Gasteiger partial charge in [-0.25, -0.2) is 8.42 Å². The Hall–Kier alpha value is -1.03. The maximum Gasteiger partial charge on any atom is 0.180 e. The third kappa shape index (κ3) is 3.22. The van der Waals surface area contributed by atoms with Crippen molar-refractivity contribution in [1.82, 2.24) is 0 Å². The number of anilines is 1. The molecule has 1 aromatic rings. The van der Waals surface area contributed by atoms with E-state index in [2.05, 4.69) is 0 Å². The molecule has 0 aliphatic rings. The van der Waals surface area contributed by atoms with Crippen molar-refractivity contribution in [3.63, 3.8) is 0 Å². The van der Waals surface area contributed by atoms with E-state index in [1.165, 1.54) is 0 Å². The summed E-state index contributed by atoms with van der Waals surface area (Å²) < 4.78 is 24.5. The standard InChI is InChI=1S/C13H21NO2S/c1-4-11(5-2)9-17(15,16)12-8-6-7-10(3)13(12)14/h6-8,11H,4-5,9,14H2,1-3H3. The lowest BCUT2D eigenvalue weighted by Crippen LogP contribution is -2.17. The molecule has 0 unspecified atom stereocenters. The van der Waals surface area contributed by atoms with Crippen molar-refractivity contribution in [2.24, 2.45) is 5.92 Å². The summed E-state index contributed by atoms with van der Waals surface area (Å²) in [5.74, 6) is 0.396. The van der Waals surface area contributed by atoms with Crippen molar-refractivity contribution in [3.8, 4) is 0 Å². The second-order valence-electron chi connectivity index (χ2n) is 4.45. The molecule has 0 fully saturated rings. The average Bonchev–Trinajstić information content (AvgIpc) is 2.29. The largest absolute Gasteiger partial charge is 0.397 e. The van der Waals surface area contributed by atoms with Gasteiger partial charge in [0, 0.05) is 0 Å². The van der Waals surface area contributed by atoms with Crippen molar-refractivity contribution in [2.75, 3.05) is 11.5 Å². The number of nitrogens with two attached hydrogens (primary N) is 1. The summed E-state index contributed by atoms with van der Waals surface area (Å²) in [6, 6.07) is 5.16. The molecule has 4 heteroatoms. The molecular weight excluding hydrogens is 234 g/mol. The second kappa shape index (κ2) is 5.54. The second-order valence-corrected chi connectivity index (χ2v) is 6.45. The number of rotatable bonds is 5. The first kappa shape index (κ1) is 14.0. The fraction of sp³-hybridized carbons (Fsp3) is 0.538. The lowest BCUT2D eigenvalue weighted by Gasteiger charge is -2.14. The molecule has 0 bridgehead atoms. The van der Waals surface area contributed by atoms with Crippen LogP contribution in [0.25, 0.3) is 0 Å². The Morgan fingerprint density at radius 3 is 2.35 bits per heavy atom. The van der Waals surface area contributed by atoms with Crippen LogP contribution in [0.5, 0.6) is 0 Å². The Bertz CT molecular complexity index is 476. The van der Waals surface area contributed by atoms with E-state index in [0.717, 1.165) is 18.4 Å².